The lowest BCUT2D eigenvalue weighted by Gasteiger charge is -2.35. The van der Waals surface area contributed by atoms with Gasteiger partial charge in [0.05, 0.1) is 29.6 Å². The largest absolute Gasteiger partial charge is 0.467 e. The van der Waals surface area contributed by atoms with Gasteiger partial charge in [-0.25, -0.2) is 14.3 Å². The van der Waals surface area contributed by atoms with Crippen LogP contribution in [0.15, 0.2) is 24.3 Å². The topological polar surface area (TPSA) is 105 Å². The van der Waals surface area contributed by atoms with Crippen LogP contribution < -0.4 is 10.2 Å². The number of urea groups is 1. The smallest absolute Gasteiger partial charge is 0.328 e. The van der Waals surface area contributed by atoms with Gasteiger partial charge in [0.25, 0.3) is 0 Å². The molecule has 2 amide bonds. The number of fused-ring (bicyclic) bond motifs is 1. The predicted octanol–water partition coefficient (Wildman–Crippen LogP) is 2.13. The molecule has 3 aromatic rings. The second-order valence-electron chi connectivity index (χ2n) is 8.33. The number of nitrogens with zero attached hydrogens (tertiary/aromatic N) is 6. The maximum absolute atomic E-state index is 12.5. The van der Waals surface area contributed by atoms with Crippen LogP contribution in [-0.4, -0.2) is 76.2 Å². The van der Waals surface area contributed by atoms with Crippen molar-refractivity contribution in [3.05, 3.63) is 41.2 Å². The molecule has 1 saturated heterocycles. The fraction of sp³-hybridized carbons (Fsp3) is 0.435. The van der Waals surface area contributed by atoms with E-state index < -0.39 is 12.0 Å². The van der Waals surface area contributed by atoms with Crippen molar-refractivity contribution in [2.24, 2.45) is 0 Å². The molecule has 1 N–H and O–H groups in total. The van der Waals surface area contributed by atoms with Gasteiger partial charge in [-0.3, -0.25) is 0 Å². The Bertz CT molecular complexity index is 1180. The number of hydrogen-bond donors (Lipinski definition) is 1. The molecule has 0 spiro atoms. The molecule has 1 aliphatic heterocycles. The number of anilines is 1. The number of benzene rings is 1. The number of piperazine rings is 1. The fourth-order valence-electron chi connectivity index (χ4n) is 4.10. The van der Waals surface area contributed by atoms with Gasteiger partial charge in [0.15, 0.2) is 5.82 Å². The Kier molecular flexibility index (Phi) is 6.17. The van der Waals surface area contributed by atoms with Gasteiger partial charge in [0, 0.05) is 26.2 Å². The molecule has 0 saturated carbocycles. The van der Waals surface area contributed by atoms with Crippen molar-refractivity contribution in [2.75, 3.05) is 38.2 Å². The third-order valence-electron chi connectivity index (χ3n) is 6.02. The van der Waals surface area contributed by atoms with Crippen LogP contribution in [0.1, 0.15) is 23.9 Å². The van der Waals surface area contributed by atoms with E-state index in [2.05, 4.69) is 56.3 Å². The summed E-state index contributed by atoms with van der Waals surface area (Å²) >= 11 is 0. The molecule has 1 unspecified atom stereocenters. The van der Waals surface area contributed by atoms with Crippen LogP contribution in [0.25, 0.3) is 16.6 Å². The SMILES string of the molecule is COC(=O)C(C)NC(=O)N1CCN(c2nnc(C)c3c(C)n(-c4ccc(C)cc4)nc23)CC1. The number of rotatable bonds is 4. The molecule has 33 heavy (non-hydrogen) atoms. The summed E-state index contributed by atoms with van der Waals surface area (Å²) in [6.45, 7) is 9.81. The highest BCUT2D eigenvalue weighted by Gasteiger charge is 2.27. The van der Waals surface area contributed by atoms with E-state index in [4.69, 9.17) is 5.10 Å². The van der Waals surface area contributed by atoms with Crippen molar-refractivity contribution in [1.29, 1.82) is 0 Å². The highest BCUT2D eigenvalue weighted by Crippen LogP contribution is 2.29. The summed E-state index contributed by atoms with van der Waals surface area (Å²) in [6, 6.07) is 7.25. The van der Waals surface area contributed by atoms with Crippen LogP contribution in [0.3, 0.4) is 0 Å². The summed E-state index contributed by atoms with van der Waals surface area (Å²) in [7, 11) is 1.30. The van der Waals surface area contributed by atoms with E-state index in [1.165, 1.54) is 12.7 Å². The van der Waals surface area contributed by atoms with Gasteiger partial charge in [-0.2, -0.15) is 10.2 Å². The molecule has 2 aromatic heterocycles. The summed E-state index contributed by atoms with van der Waals surface area (Å²) in [6.07, 6.45) is 0. The minimum absolute atomic E-state index is 0.285. The number of esters is 1. The first-order valence-corrected chi connectivity index (χ1v) is 11.0. The van der Waals surface area contributed by atoms with Crippen molar-refractivity contribution in [3.8, 4) is 5.69 Å². The summed E-state index contributed by atoms with van der Waals surface area (Å²) in [5.41, 5.74) is 4.83. The molecule has 1 atom stereocenters. The average molecular weight is 452 g/mol. The van der Waals surface area contributed by atoms with E-state index in [0.717, 1.165) is 28.0 Å². The first-order valence-electron chi connectivity index (χ1n) is 11.0. The zero-order valence-electron chi connectivity index (χ0n) is 19.6. The molecule has 1 aliphatic rings. The van der Waals surface area contributed by atoms with Crippen LogP contribution in [0.5, 0.6) is 0 Å². The third-order valence-corrected chi connectivity index (χ3v) is 6.02. The van der Waals surface area contributed by atoms with E-state index in [-0.39, 0.29) is 6.03 Å². The standard InChI is InChI=1S/C23H29N7O3/c1-14-6-8-18(9-7-14)30-17(4)19-15(2)25-26-21(20(19)27-30)28-10-12-29(13-11-28)23(32)24-16(3)22(31)33-5/h6-9,16H,10-13H2,1-5H3,(H,24,32). The van der Waals surface area contributed by atoms with Crippen molar-refractivity contribution in [2.45, 2.75) is 33.7 Å². The molecule has 4 rings (SSSR count). The number of methoxy groups -OCH3 is 1. The van der Waals surface area contributed by atoms with E-state index in [0.29, 0.717) is 32.0 Å². The van der Waals surface area contributed by atoms with Gasteiger partial charge < -0.3 is 19.9 Å². The molecule has 0 bridgehead atoms. The van der Waals surface area contributed by atoms with Crippen LogP contribution in [-0.2, 0) is 9.53 Å². The van der Waals surface area contributed by atoms with Crippen LogP contribution in [0.2, 0.25) is 0 Å². The molecule has 10 heteroatoms. The summed E-state index contributed by atoms with van der Waals surface area (Å²) < 4.78 is 6.60. The predicted molar refractivity (Wildman–Crippen MR) is 125 cm³/mol. The molecule has 174 valence electrons. The lowest BCUT2D eigenvalue weighted by molar-refractivity contribution is -0.142. The first-order chi connectivity index (χ1) is 15.8. The second kappa shape index (κ2) is 9.05. The van der Waals surface area contributed by atoms with Crippen LogP contribution in [0, 0.1) is 20.8 Å². The quantitative estimate of drug-likeness (QED) is 0.606. The average Bonchev–Trinajstić information content (AvgIpc) is 3.17. The van der Waals surface area contributed by atoms with Gasteiger partial charge in [0.2, 0.25) is 0 Å². The molecule has 0 aliphatic carbocycles. The Hall–Kier alpha value is -3.69. The van der Waals surface area contributed by atoms with Crippen molar-refractivity contribution in [1.82, 2.24) is 30.2 Å². The second-order valence-corrected chi connectivity index (χ2v) is 8.33. The van der Waals surface area contributed by atoms with Crippen LogP contribution in [0.4, 0.5) is 10.6 Å². The van der Waals surface area contributed by atoms with Crippen molar-refractivity contribution < 1.29 is 14.3 Å². The maximum Gasteiger partial charge on any atom is 0.328 e. The van der Waals surface area contributed by atoms with Crippen molar-refractivity contribution >= 4 is 28.7 Å². The number of hydrogen-bond acceptors (Lipinski definition) is 7. The highest BCUT2D eigenvalue weighted by atomic mass is 16.5. The number of carbonyl (C=O) groups is 2. The van der Waals surface area contributed by atoms with Gasteiger partial charge in [-0.05, 0) is 39.8 Å². The van der Waals surface area contributed by atoms with E-state index in [9.17, 15) is 9.59 Å². The highest BCUT2D eigenvalue weighted by molar-refractivity contribution is 5.92. The van der Waals surface area contributed by atoms with E-state index >= 15 is 0 Å². The van der Waals surface area contributed by atoms with Gasteiger partial charge in [-0.1, -0.05) is 17.7 Å². The van der Waals surface area contributed by atoms with Crippen LogP contribution >= 0.6 is 0 Å². The Morgan fingerprint density at radius 3 is 2.33 bits per heavy atom. The van der Waals surface area contributed by atoms with Gasteiger partial charge in [0.1, 0.15) is 11.6 Å². The Morgan fingerprint density at radius 2 is 1.70 bits per heavy atom. The molecule has 1 fully saturated rings. The maximum atomic E-state index is 12.5. The molecular weight excluding hydrogens is 422 g/mol. The van der Waals surface area contributed by atoms with Gasteiger partial charge in [-0.15, -0.1) is 5.10 Å². The molecule has 10 nitrogen and oxygen atoms in total. The Morgan fingerprint density at radius 1 is 1.03 bits per heavy atom. The van der Waals surface area contributed by atoms with E-state index in [1.807, 2.05) is 18.5 Å². The third kappa shape index (κ3) is 4.33. The normalized spacial score (nSPS) is 14.9. The summed E-state index contributed by atoms with van der Waals surface area (Å²) in [5.74, 6) is 0.242. The number of aryl methyl sites for hydroxylation is 3. The number of amides is 2. The Labute approximate surface area is 192 Å². The summed E-state index contributed by atoms with van der Waals surface area (Å²) in [4.78, 5) is 27.9. The van der Waals surface area contributed by atoms with E-state index in [1.54, 1.807) is 11.8 Å². The number of ether oxygens (including phenoxy) is 1. The van der Waals surface area contributed by atoms with Crippen molar-refractivity contribution in [3.63, 3.8) is 0 Å². The fourth-order valence-corrected chi connectivity index (χ4v) is 4.10. The molecule has 3 heterocycles. The number of aromatic nitrogens is 4. The zero-order chi connectivity index (χ0) is 23.7. The monoisotopic (exact) mass is 451 g/mol. The summed E-state index contributed by atoms with van der Waals surface area (Å²) in [5, 5.41) is 17.4. The van der Waals surface area contributed by atoms with Gasteiger partial charge >= 0.3 is 12.0 Å². The molecule has 0 radical (unpaired) electrons. The number of nitrogens with one attached hydrogen (secondary N) is 1. The number of carbonyl (C=O) groups excluding carboxylic acids is 2. The minimum Gasteiger partial charge on any atom is -0.467 e. The minimum atomic E-state index is -0.697. The molecular formula is C23H29N7O3. The zero-order valence-corrected chi connectivity index (χ0v) is 19.6. The first kappa shape index (κ1) is 22.5. The lowest BCUT2D eigenvalue weighted by atomic mass is 10.2. The lowest BCUT2D eigenvalue weighted by Crippen LogP contribution is -2.54. The molecule has 1 aromatic carbocycles. The Balaban J connectivity index is 1.55.